The molecular formula is C39H34N2. The van der Waals surface area contributed by atoms with Crippen molar-refractivity contribution in [3.05, 3.63) is 151 Å². The van der Waals surface area contributed by atoms with Gasteiger partial charge in [0.1, 0.15) is 0 Å². The Balaban J connectivity index is 1.44. The van der Waals surface area contributed by atoms with Crippen LogP contribution in [0.3, 0.4) is 0 Å². The van der Waals surface area contributed by atoms with Crippen molar-refractivity contribution in [2.45, 2.75) is 19.4 Å². The Morgan fingerprint density at radius 3 is 2.02 bits per heavy atom. The predicted molar refractivity (Wildman–Crippen MR) is 179 cm³/mol. The summed E-state index contributed by atoms with van der Waals surface area (Å²) < 4.78 is 0. The van der Waals surface area contributed by atoms with Crippen LogP contribution in [0.25, 0.3) is 61.5 Å². The third-order valence-corrected chi connectivity index (χ3v) is 8.14. The van der Waals surface area contributed by atoms with E-state index >= 15 is 0 Å². The Kier molecular flexibility index (Phi) is 7.14. The van der Waals surface area contributed by atoms with E-state index in [0.717, 1.165) is 34.2 Å². The van der Waals surface area contributed by atoms with Crippen LogP contribution in [0, 0.1) is 0 Å². The van der Waals surface area contributed by atoms with E-state index in [1.54, 1.807) is 6.20 Å². The summed E-state index contributed by atoms with van der Waals surface area (Å²) in [6, 6.07) is 32.9. The van der Waals surface area contributed by atoms with Crippen molar-refractivity contribution in [3.63, 3.8) is 0 Å². The first kappa shape index (κ1) is 26.2. The van der Waals surface area contributed by atoms with Crippen LogP contribution >= 0.6 is 0 Å². The molecule has 1 heterocycles. The lowest BCUT2D eigenvalue weighted by Crippen LogP contribution is -2.34. The van der Waals surface area contributed by atoms with E-state index in [1.165, 1.54) is 43.8 Å². The molecule has 5 aromatic rings. The summed E-state index contributed by atoms with van der Waals surface area (Å²) >= 11 is 0. The van der Waals surface area contributed by atoms with E-state index in [2.05, 4.69) is 135 Å². The fraction of sp³-hybridized carbons (Fsp3) is 0.0769. The number of hydrogen-bond acceptors (Lipinski definition) is 2. The summed E-state index contributed by atoms with van der Waals surface area (Å²) in [5, 5.41) is 8.09. The molecule has 3 N–H and O–H groups in total. The number of fused-ring (bicyclic) bond motifs is 2. The Bertz CT molecular complexity index is 1890. The average Bonchev–Trinajstić information content (AvgIpc) is 3.02. The summed E-state index contributed by atoms with van der Waals surface area (Å²) in [4.78, 5) is 0. The van der Waals surface area contributed by atoms with E-state index in [4.69, 9.17) is 5.73 Å². The summed E-state index contributed by atoms with van der Waals surface area (Å²) in [6.07, 6.45) is 13.0. The SMILES string of the molecule is C=Cc1c(C=C)c(-c2ccc3cc(C(/C=C\CC4NC=C4C)=C/N)ccc3c2)c2ccccc2c1-c1ccccc1. The molecule has 1 aliphatic rings. The minimum atomic E-state index is 0.431. The zero-order valence-corrected chi connectivity index (χ0v) is 23.4. The molecule has 1 aliphatic heterocycles. The lowest BCUT2D eigenvalue weighted by atomic mass is 9.83. The molecule has 0 saturated carbocycles. The fourth-order valence-electron chi connectivity index (χ4n) is 5.91. The first-order valence-corrected chi connectivity index (χ1v) is 14.1. The second-order valence-electron chi connectivity index (χ2n) is 10.5. The lowest BCUT2D eigenvalue weighted by molar-refractivity contribution is 0.603. The zero-order chi connectivity index (χ0) is 28.3. The van der Waals surface area contributed by atoms with Gasteiger partial charge in [-0.15, -0.1) is 0 Å². The van der Waals surface area contributed by atoms with Crippen LogP contribution in [0.5, 0.6) is 0 Å². The van der Waals surface area contributed by atoms with E-state index in [9.17, 15) is 0 Å². The van der Waals surface area contributed by atoms with Crippen molar-refractivity contribution in [2.75, 3.05) is 0 Å². The van der Waals surface area contributed by atoms with Gasteiger partial charge in [0.05, 0.1) is 6.04 Å². The molecule has 0 aromatic heterocycles. The number of rotatable bonds is 8. The smallest absolute Gasteiger partial charge is 0.0516 e. The largest absolute Gasteiger partial charge is 0.404 e. The maximum atomic E-state index is 6.05. The summed E-state index contributed by atoms with van der Waals surface area (Å²) in [7, 11) is 0. The minimum Gasteiger partial charge on any atom is -0.404 e. The Labute approximate surface area is 242 Å². The maximum Gasteiger partial charge on any atom is 0.0516 e. The maximum absolute atomic E-state index is 6.05. The van der Waals surface area contributed by atoms with Gasteiger partial charge in [-0.05, 0) is 103 Å². The van der Waals surface area contributed by atoms with Crippen LogP contribution in [0.1, 0.15) is 30.0 Å². The van der Waals surface area contributed by atoms with Crippen LogP contribution in [-0.2, 0) is 0 Å². The number of benzene rings is 5. The fourth-order valence-corrected chi connectivity index (χ4v) is 5.91. The van der Waals surface area contributed by atoms with Crippen molar-refractivity contribution in [3.8, 4) is 22.3 Å². The Morgan fingerprint density at radius 1 is 0.780 bits per heavy atom. The van der Waals surface area contributed by atoms with Gasteiger partial charge in [0, 0.05) is 6.20 Å². The van der Waals surface area contributed by atoms with Crippen LogP contribution in [0.4, 0.5) is 0 Å². The van der Waals surface area contributed by atoms with Crippen molar-refractivity contribution in [1.29, 1.82) is 0 Å². The molecular weight excluding hydrogens is 496 g/mol. The standard InChI is InChI=1S/C39H34N2/c1-4-33-34(5-2)39(36-16-10-9-15-35(36)38(33)27-12-7-6-8-13-27)31-21-20-28-22-30(19-18-29(28)23-31)32(24-40)14-11-17-37-26(3)25-41-37/h4-16,18-25,37,41H,1-2,17,40H2,3H3/b14-11-,32-24+. The normalized spacial score (nSPS) is 15.0. The molecule has 0 fully saturated rings. The first-order valence-electron chi connectivity index (χ1n) is 14.1. The zero-order valence-electron chi connectivity index (χ0n) is 23.4. The van der Waals surface area contributed by atoms with Gasteiger partial charge in [0.15, 0.2) is 0 Å². The van der Waals surface area contributed by atoms with Crippen LogP contribution < -0.4 is 11.1 Å². The third-order valence-electron chi connectivity index (χ3n) is 8.14. The molecule has 2 nitrogen and oxygen atoms in total. The summed E-state index contributed by atoms with van der Waals surface area (Å²) in [6.45, 7) is 10.6. The highest BCUT2D eigenvalue weighted by Crippen LogP contribution is 2.43. The van der Waals surface area contributed by atoms with Gasteiger partial charge in [-0.25, -0.2) is 0 Å². The molecule has 0 saturated heterocycles. The monoisotopic (exact) mass is 530 g/mol. The molecule has 0 aliphatic carbocycles. The van der Waals surface area contributed by atoms with Crippen molar-refractivity contribution >= 4 is 39.3 Å². The van der Waals surface area contributed by atoms with Gasteiger partial charge < -0.3 is 11.1 Å². The highest BCUT2D eigenvalue weighted by atomic mass is 14.9. The molecule has 200 valence electrons. The quantitative estimate of drug-likeness (QED) is 0.196. The Morgan fingerprint density at radius 2 is 1.41 bits per heavy atom. The third kappa shape index (κ3) is 4.79. The molecule has 5 aromatic carbocycles. The van der Waals surface area contributed by atoms with Crippen LogP contribution in [0.2, 0.25) is 0 Å². The average molecular weight is 531 g/mol. The van der Waals surface area contributed by atoms with Crippen LogP contribution in [-0.4, -0.2) is 6.04 Å². The molecule has 1 unspecified atom stereocenters. The second-order valence-corrected chi connectivity index (χ2v) is 10.5. The van der Waals surface area contributed by atoms with Gasteiger partial charge in [0.25, 0.3) is 0 Å². The van der Waals surface area contributed by atoms with Crippen LogP contribution in [0.15, 0.2) is 134 Å². The van der Waals surface area contributed by atoms with E-state index in [1.807, 2.05) is 12.2 Å². The molecule has 1 atom stereocenters. The highest BCUT2D eigenvalue weighted by molar-refractivity contribution is 6.12. The van der Waals surface area contributed by atoms with Crippen molar-refractivity contribution in [2.24, 2.45) is 5.73 Å². The first-order chi connectivity index (χ1) is 20.1. The second kappa shape index (κ2) is 11.2. The highest BCUT2D eigenvalue weighted by Gasteiger charge is 2.19. The molecule has 0 bridgehead atoms. The molecule has 0 spiro atoms. The van der Waals surface area contributed by atoms with Gasteiger partial charge in [0.2, 0.25) is 0 Å². The summed E-state index contributed by atoms with van der Waals surface area (Å²) in [5.74, 6) is 0. The molecule has 6 rings (SSSR count). The van der Waals surface area contributed by atoms with E-state index < -0.39 is 0 Å². The Hall–Kier alpha value is -5.08. The predicted octanol–water partition coefficient (Wildman–Crippen LogP) is 9.73. The molecule has 0 radical (unpaired) electrons. The van der Waals surface area contributed by atoms with E-state index in [0.29, 0.717) is 6.04 Å². The van der Waals surface area contributed by atoms with Gasteiger partial charge in [-0.1, -0.05) is 116 Å². The number of hydrogen-bond donors (Lipinski definition) is 2. The van der Waals surface area contributed by atoms with Gasteiger partial charge in [-0.2, -0.15) is 0 Å². The van der Waals surface area contributed by atoms with Crippen molar-refractivity contribution < 1.29 is 0 Å². The summed E-state index contributed by atoms with van der Waals surface area (Å²) in [5.41, 5.74) is 16.5. The number of nitrogens with one attached hydrogen (secondary N) is 1. The number of nitrogens with two attached hydrogens (primary N) is 1. The minimum absolute atomic E-state index is 0.431. The molecule has 2 heteroatoms. The van der Waals surface area contributed by atoms with Crippen molar-refractivity contribution in [1.82, 2.24) is 5.32 Å². The van der Waals surface area contributed by atoms with Gasteiger partial charge >= 0.3 is 0 Å². The van der Waals surface area contributed by atoms with E-state index in [-0.39, 0.29) is 0 Å². The number of allylic oxidation sites excluding steroid dienone is 2. The molecule has 0 amide bonds. The van der Waals surface area contributed by atoms with Gasteiger partial charge in [-0.3, -0.25) is 0 Å². The molecule has 41 heavy (non-hydrogen) atoms. The topological polar surface area (TPSA) is 38.0 Å². The lowest BCUT2D eigenvalue weighted by Gasteiger charge is -2.25.